The Balaban J connectivity index is 1.56. The zero-order chi connectivity index (χ0) is 28.4. The molecule has 0 aromatic heterocycles. The number of para-hydroxylation sites is 1. The van der Waals surface area contributed by atoms with E-state index in [4.69, 9.17) is 0 Å². The minimum Gasteiger partial charge on any atom is -0.352 e. The molecule has 0 saturated heterocycles. The molecule has 0 aliphatic heterocycles. The van der Waals surface area contributed by atoms with E-state index in [0.717, 1.165) is 36.8 Å². The van der Waals surface area contributed by atoms with E-state index in [9.17, 15) is 18.0 Å². The first-order chi connectivity index (χ1) is 19.3. The van der Waals surface area contributed by atoms with E-state index in [2.05, 4.69) is 5.32 Å². The molecular weight excluding hydrogens is 522 g/mol. The van der Waals surface area contributed by atoms with Crippen LogP contribution in [0.4, 0.5) is 5.69 Å². The lowest BCUT2D eigenvalue weighted by atomic mass is 10.0. The average Bonchev–Trinajstić information content (AvgIpc) is 3.47. The predicted octanol–water partition coefficient (Wildman–Crippen LogP) is 4.93. The van der Waals surface area contributed by atoms with Crippen LogP contribution in [0.5, 0.6) is 0 Å². The summed E-state index contributed by atoms with van der Waals surface area (Å²) >= 11 is 0. The first-order valence-electron chi connectivity index (χ1n) is 14.0. The van der Waals surface area contributed by atoms with E-state index in [1.807, 2.05) is 66.7 Å². The van der Waals surface area contributed by atoms with Crippen LogP contribution in [0.3, 0.4) is 0 Å². The number of rotatable bonds is 13. The topological polar surface area (TPSA) is 86.8 Å². The minimum absolute atomic E-state index is 0.119. The van der Waals surface area contributed by atoms with Crippen LogP contribution in [0.15, 0.2) is 91.0 Å². The SMILES string of the molecule is CS(=O)(=O)N(CCCC(=O)N(Cc1ccccc1)[C@@H](Cc1ccccc1)C(=O)NC1CCCC1)c1ccccc1. The monoisotopic (exact) mass is 561 g/mol. The Morgan fingerprint density at radius 3 is 1.98 bits per heavy atom. The molecule has 0 heterocycles. The molecule has 8 heteroatoms. The zero-order valence-electron chi connectivity index (χ0n) is 23.1. The Hall–Kier alpha value is -3.65. The molecule has 0 bridgehead atoms. The van der Waals surface area contributed by atoms with Gasteiger partial charge in [-0.25, -0.2) is 8.42 Å². The third-order valence-electron chi connectivity index (χ3n) is 7.36. The van der Waals surface area contributed by atoms with Crippen molar-refractivity contribution in [3.05, 3.63) is 102 Å². The first-order valence-corrected chi connectivity index (χ1v) is 15.9. The van der Waals surface area contributed by atoms with Gasteiger partial charge in [-0.15, -0.1) is 0 Å². The molecule has 7 nitrogen and oxygen atoms in total. The average molecular weight is 562 g/mol. The molecule has 1 saturated carbocycles. The molecule has 3 aromatic carbocycles. The van der Waals surface area contributed by atoms with Gasteiger partial charge in [-0.1, -0.05) is 91.7 Å². The second-order valence-corrected chi connectivity index (χ2v) is 12.4. The Kier molecular flexibility index (Phi) is 10.4. The molecule has 1 aliphatic rings. The summed E-state index contributed by atoms with van der Waals surface area (Å²) in [4.78, 5) is 29.3. The molecule has 1 aliphatic carbocycles. The third kappa shape index (κ3) is 8.42. The van der Waals surface area contributed by atoms with Crippen LogP contribution in [0.1, 0.15) is 49.7 Å². The van der Waals surface area contributed by atoms with Gasteiger partial charge in [0.15, 0.2) is 0 Å². The van der Waals surface area contributed by atoms with E-state index < -0.39 is 16.1 Å². The van der Waals surface area contributed by atoms with E-state index in [0.29, 0.717) is 25.1 Å². The normalized spacial score (nSPS) is 14.4. The van der Waals surface area contributed by atoms with Crippen LogP contribution in [-0.2, 0) is 32.6 Å². The lowest BCUT2D eigenvalue weighted by Gasteiger charge is -2.32. The maximum Gasteiger partial charge on any atom is 0.243 e. The number of carbonyl (C=O) groups is 2. The summed E-state index contributed by atoms with van der Waals surface area (Å²) in [6.07, 6.45) is 6.12. The lowest BCUT2D eigenvalue weighted by molar-refractivity contribution is -0.141. The molecule has 0 radical (unpaired) electrons. The quantitative estimate of drug-likeness (QED) is 0.321. The number of amides is 2. The number of anilines is 1. The summed E-state index contributed by atoms with van der Waals surface area (Å²) in [5.74, 6) is -0.310. The van der Waals surface area contributed by atoms with Crippen molar-refractivity contribution in [1.82, 2.24) is 10.2 Å². The summed E-state index contributed by atoms with van der Waals surface area (Å²) < 4.78 is 26.4. The second-order valence-electron chi connectivity index (χ2n) is 10.5. The lowest BCUT2D eigenvalue weighted by Crippen LogP contribution is -2.52. The summed E-state index contributed by atoms with van der Waals surface area (Å²) in [5, 5.41) is 3.22. The van der Waals surface area contributed by atoms with Crippen molar-refractivity contribution in [2.45, 2.75) is 63.6 Å². The fourth-order valence-corrected chi connectivity index (χ4v) is 6.27. The van der Waals surface area contributed by atoms with Crippen LogP contribution in [0.2, 0.25) is 0 Å². The molecule has 212 valence electrons. The fraction of sp³-hybridized carbons (Fsp3) is 0.375. The smallest absolute Gasteiger partial charge is 0.243 e. The molecule has 4 rings (SSSR count). The molecule has 0 spiro atoms. The number of nitrogens with zero attached hydrogens (tertiary/aromatic N) is 2. The Labute approximate surface area is 238 Å². The van der Waals surface area contributed by atoms with Gasteiger partial charge in [-0.05, 0) is 42.5 Å². The van der Waals surface area contributed by atoms with Crippen LogP contribution < -0.4 is 9.62 Å². The molecule has 3 aromatic rings. The Morgan fingerprint density at radius 1 is 0.850 bits per heavy atom. The largest absolute Gasteiger partial charge is 0.352 e. The van der Waals surface area contributed by atoms with Crippen molar-refractivity contribution in [3.8, 4) is 0 Å². The van der Waals surface area contributed by atoms with Crippen LogP contribution in [-0.4, -0.2) is 50.0 Å². The second kappa shape index (κ2) is 14.1. The van der Waals surface area contributed by atoms with E-state index in [1.165, 1.54) is 10.6 Å². The standard InChI is InChI=1S/C32H39N3O4S/c1-40(38,39)35(29-20-9-4-10-21-29)23-13-22-31(36)34(25-27-16-7-3-8-17-27)30(24-26-14-5-2-6-15-26)32(37)33-28-18-11-12-19-28/h2-10,14-17,20-21,28,30H,11-13,18-19,22-25H2,1H3,(H,33,37)/t30-/m0/s1. The van der Waals surface area contributed by atoms with E-state index in [-0.39, 0.29) is 30.8 Å². The summed E-state index contributed by atoms with van der Waals surface area (Å²) in [5.41, 5.74) is 2.48. The number of carbonyl (C=O) groups excluding carboxylic acids is 2. The highest BCUT2D eigenvalue weighted by molar-refractivity contribution is 7.92. The zero-order valence-corrected chi connectivity index (χ0v) is 23.9. The number of hydrogen-bond acceptors (Lipinski definition) is 4. The van der Waals surface area contributed by atoms with Crippen molar-refractivity contribution in [3.63, 3.8) is 0 Å². The maximum absolute atomic E-state index is 13.9. The molecule has 1 atom stereocenters. The van der Waals surface area contributed by atoms with E-state index in [1.54, 1.807) is 29.2 Å². The van der Waals surface area contributed by atoms with Crippen molar-refractivity contribution in [2.75, 3.05) is 17.1 Å². The van der Waals surface area contributed by atoms with Gasteiger partial charge < -0.3 is 10.2 Å². The van der Waals surface area contributed by atoms with Crippen LogP contribution >= 0.6 is 0 Å². The van der Waals surface area contributed by atoms with Crippen molar-refractivity contribution in [2.24, 2.45) is 0 Å². The van der Waals surface area contributed by atoms with Crippen LogP contribution in [0.25, 0.3) is 0 Å². The van der Waals surface area contributed by atoms with Crippen LogP contribution in [0, 0.1) is 0 Å². The minimum atomic E-state index is -3.52. The molecule has 40 heavy (non-hydrogen) atoms. The number of sulfonamides is 1. The van der Waals surface area contributed by atoms with E-state index >= 15 is 0 Å². The number of hydrogen-bond donors (Lipinski definition) is 1. The van der Waals surface area contributed by atoms with Gasteiger partial charge in [0.05, 0.1) is 11.9 Å². The fourth-order valence-electron chi connectivity index (χ4n) is 5.30. The predicted molar refractivity (Wildman–Crippen MR) is 159 cm³/mol. The highest BCUT2D eigenvalue weighted by Gasteiger charge is 2.32. The van der Waals surface area contributed by atoms with Gasteiger partial charge in [-0.2, -0.15) is 0 Å². The van der Waals surface area contributed by atoms with Gasteiger partial charge in [-0.3, -0.25) is 13.9 Å². The summed E-state index contributed by atoms with van der Waals surface area (Å²) in [6.45, 7) is 0.467. The summed E-state index contributed by atoms with van der Waals surface area (Å²) in [7, 11) is -3.52. The van der Waals surface area contributed by atoms with Gasteiger partial charge in [0.25, 0.3) is 0 Å². The van der Waals surface area contributed by atoms with Crippen molar-refractivity contribution in [1.29, 1.82) is 0 Å². The highest BCUT2D eigenvalue weighted by Crippen LogP contribution is 2.22. The molecule has 0 unspecified atom stereocenters. The molecule has 2 amide bonds. The molecule has 1 N–H and O–H groups in total. The van der Waals surface area contributed by atoms with Crippen molar-refractivity contribution >= 4 is 27.5 Å². The Bertz CT molecular complexity index is 1330. The van der Waals surface area contributed by atoms with Gasteiger partial charge in [0, 0.05) is 32.0 Å². The Morgan fingerprint density at radius 2 is 1.40 bits per heavy atom. The van der Waals surface area contributed by atoms with Gasteiger partial charge in [0.1, 0.15) is 6.04 Å². The third-order valence-corrected chi connectivity index (χ3v) is 8.56. The molecule has 1 fully saturated rings. The van der Waals surface area contributed by atoms with Gasteiger partial charge in [0.2, 0.25) is 21.8 Å². The van der Waals surface area contributed by atoms with Gasteiger partial charge >= 0.3 is 0 Å². The number of benzene rings is 3. The number of nitrogens with one attached hydrogen (secondary N) is 1. The first kappa shape index (κ1) is 29.3. The maximum atomic E-state index is 13.9. The highest BCUT2D eigenvalue weighted by atomic mass is 32.2. The molecular formula is C32H39N3O4S. The van der Waals surface area contributed by atoms with Crippen molar-refractivity contribution < 1.29 is 18.0 Å². The summed E-state index contributed by atoms with van der Waals surface area (Å²) in [6, 6.07) is 27.8.